The number of benzene rings is 2. The van der Waals surface area contributed by atoms with Gasteiger partial charge < -0.3 is 10.5 Å². The van der Waals surface area contributed by atoms with E-state index in [0.29, 0.717) is 6.04 Å². The smallest absolute Gasteiger partial charge is 0.120 e. The Labute approximate surface area is 125 Å². The van der Waals surface area contributed by atoms with Gasteiger partial charge in [0.25, 0.3) is 0 Å². The lowest BCUT2D eigenvalue weighted by Gasteiger charge is -2.33. The number of hydrogen-bond acceptors (Lipinski definition) is 2. The number of quaternary nitrogens is 1. The molecule has 0 aliphatic carbocycles. The van der Waals surface area contributed by atoms with Crippen LogP contribution in [0.15, 0.2) is 65.8 Å². The van der Waals surface area contributed by atoms with Gasteiger partial charge in [-0.05, 0) is 0 Å². The van der Waals surface area contributed by atoms with Gasteiger partial charge in [0.2, 0.25) is 0 Å². The van der Waals surface area contributed by atoms with Gasteiger partial charge >= 0.3 is 0 Å². The van der Waals surface area contributed by atoms with Gasteiger partial charge in [0, 0.05) is 17.5 Å². The lowest BCUT2D eigenvalue weighted by atomic mass is 9.81. The molecule has 2 aromatic carbocycles. The van der Waals surface area contributed by atoms with Crippen molar-refractivity contribution in [3.63, 3.8) is 0 Å². The summed E-state index contributed by atoms with van der Waals surface area (Å²) >= 11 is 0. The Bertz CT molecular complexity index is 610. The third-order valence-electron chi connectivity index (χ3n) is 4.47. The topological polar surface area (TPSA) is 49.2 Å². The SMILES string of the molecule is C[C@H]1C(=NO)C[C@@H](c2ccccc2)[NH2+][C@@H]1c1ccccc1. The molecule has 3 nitrogen and oxygen atoms in total. The van der Waals surface area contributed by atoms with E-state index in [-0.39, 0.29) is 12.0 Å². The minimum absolute atomic E-state index is 0.234. The summed E-state index contributed by atoms with van der Waals surface area (Å²) < 4.78 is 0. The minimum atomic E-state index is 0.234. The summed E-state index contributed by atoms with van der Waals surface area (Å²) in [5, 5.41) is 15.3. The summed E-state index contributed by atoms with van der Waals surface area (Å²) in [7, 11) is 0. The van der Waals surface area contributed by atoms with Crippen LogP contribution in [-0.2, 0) is 0 Å². The van der Waals surface area contributed by atoms with Crippen molar-refractivity contribution in [2.45, 2.75) is 25.4 Å². The lowest BCUT2D eigenvalue weighted by molar-refractivity contribution is -0.741. The molecule has 2 aromatic rings. The molecule has 21 heavy (non-hydrogen) atoms. The van der Waals surface area contributed by atoms with Crippen LogP contribution >= 0.6 is 0 Å². The molecule has 1 saturated heterocycles. The number of nitrogens with zero attached hydrogens (tertiary/aromatic N) is 1. The lowest BCUT2D eigenvalue weighted by Crippen LogP contribution is -2.90. The summed E-state index contributed by atoms with van der Waals surface area (Å²) in [6.07, 6.45) is 0.797. The Morgan fingerprint density at radius 3 is 2.10 bits per heavy atom. The largest absolute Gasteiger partial charge is 0.411 e. The summed E-state index contributed by atoms with van der Waals surface area (Å²) in [6, 6.07) is 21.5. The van der Waals surface area contributed by atoms with Gasteiger partial charge in [0.1, 0.15) is 12.1 Å². The summed E-state index contributed by atoms with van der Waals surface area (Å²) in [4.78, 5) is 0. The summed E-state index contributed by atoms with van der Waals surface area (Å²) in [5.74, 6) is 0.234. The average Bonchev–Trinajstić information content (AvgIpc) is 2.56. The van der Waals surface area contributed by atoms with Crippen LogP contribution in [0.2, 0.25) is 0 Å². The van der Waals surface area contributed by atoms with Crippen LogP contribution in [0.5, 0.6) is 0 Å². The highest BCUT2D eigenvalue weighted by Gasteiger charge is 2.37. The standard InChI is InChI=1S/C18H20N2O/c1-13-16(20-21)12-17(14-8-4-2-5-9-14)19-18(13)15-10-6-3-7-11-15/h2-11,13,17-19,21H,12H2,1H3/p+1/t13-,17-,18-/m0/s1. The van der Waals surface area contributed by atoms with Crippen LogP contribution < -0.4 is 5.32 Å². The summed E-state index contributed by atoms with van der Waals surface area (Å²) in [5.41, 5.74) is 3.46. The first-order valence-electron chi connectivity index (χ1n) is 7.45. The number of oxime groups is 1. The fourth-order valence-corrected chi connectivity index (χ4v) is 3.24. The molecule has 1 aliphatic heterocycles. The van der Waals surface area contributed by atoms with Crippen molar-refractivity contribution >= 4 is 5.71 Å². The molecule has 0 saturated carbocycles. The van der Waals surface area contributed by atoms with Crippen LogP contribution in [0.1, 0.15) is 36.6 Å². The van der Waals surface area contributed by atoms with Crippen LogP contribution in [0, 0.1) is 5.92 Å². The van der Waals surface area contributed by atoms with E-state index in [0.717, 1.165) is 12.1 Å². The normalized spacial score (nSPS) is 27.7. The van der Waals surface area contributed by atoms with Crippen LogP contribution in [0.3, 0.4) is 0 Å². The number of rotatable bonds is 2. The third kappa shape index (κ3) is 2.83. The molecular formula is C18H21N2O+. The Morgan fingerprint density at radius 1 is 0.952 bits per heavy atom. The van der Waals surface area contributed by atoms with Crippen molar-refractivity contribution in [3.8, 4) is 0 Å². The molecule has 3 rings (SSSR count). The van der Waals surface area contributed by atoms with Gasteiger partial charge in [-0.3, -0.25) is 0 Å². The van der Waals surface area contributed by atoms with Crippen molar-refractivity contribution < 1.29 is 10.5 Å². The van der Waals surface area contributed by atoms with Gasteiger partial charge in [-0.25, -0.2) is 0 Å². The maximum absolute atomic E-state index is 9.36. The third-order valence-corrected chi connectivity index (χ3v) is 4.47. The van der Waals surface area contributed by atoms with Crippen molar-refractivity contribution in [1.82, 2.24) is 0 Å². The van der Waals surface area contributed by atoms with E-state index >= 15 is 0 Å². The molecule has 3 atom stereocenters. The van der Waals surface area contributed by atoms with E-state index in [1.54, 1.807) is 0 Å². The zero-order valence-electron chi connectivity index (χ0n) is 12.2. The van der Waals surface area contributed by atoms with Crippen molar-refractivity contribution in [2.24, 2.45) is 11.1 Å². The van der Waals surface area contributed by atoms with Crippen LogP contribution in [-0.4, -0.2) is 10.9 Å². The molecule has 3 N–H and O–H groups in total. The summed E-state index contributed by atoms with van der Waals surface area (Å²) in [6.45, 7) is 2.14. The predicted molar refractivity (Wildman–Crippen MR) is 83.3 cm³/mol. The number of nitrogens with two attached hydrogens (primary N) is 1. The van der Waals surface area contributed by atoms with Gasteiger partial charge in [-0.1, -0.05) is 72.7 Å². The second kappa shape index (κ2) is 6.10. The second-order valence-electron chi connectivity index (χ2n) is 5.73. The van der Waals surface area contributed by atoms with Crippen molar-refractivity contribution in [1.29, 1.82) is 0 Å². The Hall–Kier alpha value is -2.13. The zero-order chi connectivity index (χ0) is 14.7. The molecular weight excluding hydrogens is 260 g/mol. The van der Waals surface area contributed by atoms with Gasteiger partial charge in [-0.2, -0.15) is 0 Å². The number of hydrogen-bond donors (Lipinski definition) is 2. The van der Waals surface area contributed by atoms with E-state index in [2.05, 4.69) is 65.9 Å². The van der Waals surface area contributed by atoms with E-state index in [1.165, 1.54) is 11.1 Å². The maximum Gasteiger partial charge on any atom is 0.120 e. The first-order valence-corrected chi connectivity index (χ1v) is 7.45. The zero-order valence-corrected chi connectivity index (χ0v) is 12.2. The molecule has 108 valence electrons. The highest BCUT2D eigenvalue weighted by molar-refractivity contribution is 5.87. The van der Waals surface area contributed by atoms with Crippen LogP contribution in [0.4, 0.5) is 0 Å². The Kier molecular flexibility index (Phi) is 4.02. The predicted octanol–water partition coefficient (Wildman–Crippen LogP) is 2.90. The molecule has 0 aromatic heterocycles. The molecule has 1 fully saturated rings. The molecule has 0 spiro atoms. The Balaban J connectivity index is 1.93. The molecule has 3 heteroatoms. The molecule has 1 heterocycles. The van der Waals surface area contributed by atoms with E-state index in [4.69, 9.17) is 0 Å². The van der Waals surface area contributed by atoms with E-state index in [9.17, 15) is 5.21 Å². The molecule has 1 aliphatic rings. The highest BCUT2D eigenvalue weighted by atomic mass is 16.4. The van der Waals surface area contributed by atoms with Gasteiger partial charge in [-0.15, -0.1) is 0 Å². The van der Waals surface area contributed by atoms with Gasteiger partial charge in [0.05, 0.1) is 11.6 Å². The number of piperidine rings is 1. The fraction of sp³-hybridized carbons (Fsp3) is 0.278. The van der Waals surface area contributed by atoms with Gasteiger partial charge in [0.15, 0.2) is 0 Å². The average molecular weight is 281 g/mol. The first kappa shape index (κ1) is 13.8. The van der Waals surface area contributed by atoms with Crippen molar-refractivity contribution in [3.05, 3.63) is 71.8 Å². The molecule has 0 radical (unpaired) electrons. The Morgan fingerprint density at radius 2 is 1.52 bits per heavy atom. The van der Waals surface area contributed by atoms with E-state index in [1.807, 2.05) is 12.1 Å². The maximum atomic E-state index is 9.36. The quantitative estimate of drug-likeness (QED) is 0.645. The van der Waals surface area contributed by atoms with Crippen LogP contribution in [0.25, 0.3) is 0 Å². The fourth-order valence-electron chi connectivity index (χ4n) is 3.24. The van der Waals surface area contributed by atoms with Crippen molar-refractivity contribution in [2.75, 3.05) is 0 Å². The minimum Gasteiger partial charge on any atom is -0.411 e. The van der Waals surface area contributed by atoms with E-state index < -0.39 is 0 Å². The second-order valence-corrected chi connectivity index (χ2v) is 5.73. The molecule has 0 amide bonds. The first-order chi connectivity index (χ1) is 10.3. The highest BCUT2D eigenvalue weighted by Crippen LogP contribution is 2.29. The molecule has 0 bridgehead atoms. The monoisotopic (exact) mass is 281 g/mol. The molecule has 0 unspecified atom stereocenters.